The van der Waals surface area contributed by atoms with Crippen molar-refractivity contribution in [2.24, 2.45) is 0 Å². The number of benzene rings is 1. The molecule has 0 saturated heterocycles. The first kappa shape index (κ1) is 15.3. The van der Waals surface area contributed by atoms with Gasteiger partial charge in [0.1, 0.15) is 11.0 Å². The summed E-state index contributed by atoms with van der Waals surface area (Å²) in [6.45, 7) is 2.16. The van der Waals surface area contributed by atoms with E-state index in [1.165, 1.54) is 17.7 Å². The number of nitrogens with one attached hydrogen (secondary N) is 1. The van der Waals surface area contributed by atoms with Gasteiger partial charge in [-0.15, -0.1) is 0 Å². The van der Waals surface area contributed by atoms with Gasteiger partial charge in [0.15, 0.2) is 0 Å². The summed E-state index contributed by atoms with van der Waals surface area (Å²) in [6.07, 6.45) is 3.38. The molecule has 1 aromatic heterocycles. The third kappa shape index (κ3) is 4.43. The number of nitrogens with zero attached hydrogens (tertiary/aromatic N) is 2. The first-order valence-electron chi connectivity index (χ1n) is 6.76. The Morgan fingerprint density at radius 3 is 2.62 bits per heavy atom. The number of hydrogen-bond acceptors (Lipinski definition) is 4. The summed E-state index contributed by atoms with van der Waals surface area (Å²) in [5, 5.41) is 13.9. The van der Waals surface area contributed by atoms with Crippen LogP contribution in [-0.4, -0.2) is 9.91 Å². The molecule has 21 heavy (non-hydrogen) atoms. The molecule has 0 fully saturated rings. The Hall–Kier alpha value is -2.14. The molecule has 0 bridgehead atoms. The van der Waals surface area contributed by atoms with E-state index < -0.39 is 4.92 Å². The predicted molar refractivity (Wildman–Crippen MR) is 84.2 cm³/mol. The lowest BCUT2D eigenvalue weighted by Crippen LogP contribution is -1.97. The SMILES string of the molecule is CCCCc1ccc(Nc2cc([N+](=O)[O-])cc(Cl)n2)cc1. The van der Waals surface area contributed by atoms with Gasteiger partial charge in [0.05, 0.1) is 17.1 Å². The van der Waals surface area contributed by atoms with Gasteiger partial charge in [0.25, 0.3) is 5.69 Å². The van der Waals surface area contributed by atoms with E-state index in [0.29, 0.717) is 5.82 Å². The standard InChI is InChI=1S/C15H16ClN3O2/c1-2-3-4-11-5-7-12(8-6-11)17-15-10-13(19(20)21)9-14(16)18-15/h5-10H,2-4H2,1H3,(H,17,18). The van der Waals surface area contributed by atoms with E-state index in [1.54, 1.807) is 0 Å². The van der Waals surface area contributed by atoms with Crippen LogP contribution >= 0.6 is 11.6 Å². The molecule has 0 atom stereocenters. The molecule has 1 aromatic carbocycles. The Labute approximate surface area is 128 Å². The molecule has 1 N–H and O–H groups in total. The number of anilines is 2. The van der Waals surface area contributed by atoms with E-state index in [1.807, 2.05) is 24.3 Å². The van der Waals surface area contributed by atoms with Crippen LogP contribution in [-0.2, 0) is 6.42 Å². The Morgan fingerprint density at radius 2 is 2.00 bits per heavy atom. The van der Waals surface area contributed by atoms with Crippen LogP contribution in [0.1, 0.15) is 25.3 Å². The number of unbranched alkanes of at least 4 members (excludes halogenated alkanes) is 1. The van der Waals surface area contributed by atoms with E-state index in [-0.39, 0.29) is 10.8 Å². The number of halogens is 1. The Kier molecular flexibility index (Phi) is 5.11. The molecule has 6 heteroatoms. The van der Waals surface area contributed by atoms with Gasteiger partial charge in [0.2, 0.25) is 0 Å². The molecule has 0 radical (unpaired) electrons. The van der Waals surface area contributed by atoms with Gasteiger partial charge in [0, 0.05) is 5.69 Å². The maximum absolute atomic E-state index is 10.8. The smallest absolute Gasteiger partial charge is 0.276 e. The minimum absolute atomic E-state index is 0.0861. The van der Waals surface area contributed by atoms with Crippen molar-refractivity contribution in [3.8, 4) is 0 Å². The minimum atomic E-state index is -0.493. The summed E-state index contributed by atoms with van der Waals surface area (Å²) < 4.78 is 0. The summed E-state index contributed by atoms with van der Waals surface area (Å²) in [7, 11) is 0. The minimum Gasteiger partial charge on any atom is -0.340 e. The highest BCUT2D eigenvalue weighted by Crippen LogP contribution is 2.23. The summed E-state index contributed by atoms with van der Waals surface area (Å²) in [4.78, 5) is 14.3. The zero-order valence-electron chi connectivity index (χ0n) is 11.7. The highest BCUT2D eigenvalue weighted by atomic mass is 35.5. The number of aromatic nitrogens is 1. The molecule has 2 aromatic rings. The van der Waals surface area contributed by atoms with Crippen LogP contribution in [0.2, 0.25) is 5.15 Å². The fourth-order valence-electron chi connectivity index (χ4n) is 1.94. The Balaban J connectivity index is 2.12. The van der Waals surface area contributed by atoms with E-state index >= 15 is 0 Å². The molecule has 0 spiro atoms. The van der Waals surface area contributed by atoms with Crippen molar-refractivity contribution in [2.45, 2.75) is 26.2 Å². The van der Waals surface area contributed by atoms with Crippen molar-refractivity contribution in [1.29, 1.82) is 0 Å². The summed E-state index contributed by atoms with van der Waals surface area (Å²) >= 11 is 5.79. The van der Waals surface area contributed by atoms with Crippen LogP contribution in [0, 0.1) is 10.1 Å². The van der Waals surface area contributed by atoms with Gasteiger partial charge in [-0.25, -0.2) is 4.98 Å². The quantitative estimate of drug-likeness (QED) is 0.476. The topological polar surface area (TPSA) is 68.1 Å². The van der Waals surface area contributed by atoms with Gasteiger partial charge in [-0.1, -0.05) is 37.1 Å². The third-order valence-electron chi connectivity index (χ3n) is 3.04. The first-order chi connectivity index (χ1) is 10.1. The molecule has 0 aliphatic rings. The van der Waals surface area contributed by atoms with Crippen LogP contribution < -0.4 is 5.32 Å². The zero-order chi connectivity index (χ0) is 15.2. The molecule has 0 amide bonds. The summed E-state index contributed by atoms with van der Waals surface area (Å²) in [5.74, 6) is 0.357. The predicted octanol–water partition coefficient (Wildman–Crippen LogP) is 4.73. The lowest BCUT2D eigenvalue weighted by Gasteiger charge is -2.07. The third-order valence-corrected chi connectivity index (χ3v) is 3.23. The van der Waals surface area contributed by atoms with Crippen molar-refractivity contribution < 1.29 is 4.92 Å². The molecule has 5 nitrogen and oxygen atoms in total. The van der Waals surface area contributed by atoms with E-state index in [9.17, 15) is 10.1 Å². The van der Waals surface area contributed by atoms with Crippen molar-refractivity contribution in [2.75, 3.05) is 5.32 Å². The molecule has 110 valence electrons. The highest BCUT2D eigenvalue weighted by molar-refractivity contribution is 6.29. The van der Waals surface area contributed by atoms with Gasteiger partial charge < -0.3 is 5.32 Å². The van der Waals surface area contributed by atoms with Crippen molar-refractivity contribution >= 4 is 28.8 Å². The average Bonchev–Trinajstić information content (AvgIpc) is 2.46. The molecular formula is C15H16ClN3O2. The lowest BCUT2D eigenvalue weighted by molar-refractivity contribution is -0.384. The maximum Gasteiger partial charge on any atom is 0.276 e. The Morgan fingerprint density at radius 1 is 1.29 bits per heavy atom. The van der Waals surface area contributed by atoms with E-state index in [4.69, 9.17) is 11.6 Å². The van der Waals surface area contributed by atoms with Gasteiger partial charge in [-0.3, -0.25) is 10.1 Å². The summed E-state index contributed by atoms with van der Waals surface area (Å²) in [6, 6.07) is 10.5. The van der Waals surface area contributed by atoms with Gasteiger partial charge in [-0.2, -0.15) is 0 Å². The van der Waals surface area contributed by atoms with Crippen molar-refractivity contribution in [3.63, 3.8) is 0 Å². The van der Waals surface area contributed by atoms with Crippen LogP contribution in [0.4, 0.5) is 17.2 Å². The van der Waals surface area contributed by atoms with Crippen molar-refractivity contribution in [3.05, 3.63) is 57.2 Å². The molecular weight excluding hydrogens is 290 g/mol. The maximum atomic E-state index is 10.8. The molecule has 0 aliphatic heterocycles. The average molecular weight is 306 g/mol. The van der Waals surface area contributed by atoms with Crippen LogP contribution in [0.5, 0.6) is 0 Å². The van der Waals surface area contributed by atoms with E-state index in [2.05, 4.69) is 17.2 Å². The monoisotopic (exact) mass is 305 g/mol. The second kappa shape index (κ2) is 7.04. The second-order valence-corrected chi connectivity index (χ2v) is 5.10. The molecule has 0 aliphatic carbocycles. The fourth-order valence-corrected chi connectivity index (χ4v) is 2.14. The van der Waals surface area contributed by atoms with Gasteiger partial charge >= 0.3 is 0 Å². The number of rotatable bonds is 6. The summed E-state index contributed by atoms with van der Waals surface area (Å²) in [5.41, 5.74) is 2.00. The molecule has 0 saturated carbocycles. The van der Waals surface area contributed by atoms with Crippen molar-refractivity contribution in [1.82, 2.24) is 4.98 Å². The van der Waals surface area contributed by atoms with E-state index in [0.717, 1.165) is 24.9 Å². The highest BCUT2D eigenvalue weighted by Gasteiger charge is 2.10. The van der Waals surface area contributed by atoms with Crippen LogP contribution in [0.25, 0.3) is 0 Å². The van der Waals surface area contributed by atoms with Crippen LogP contribution in [0.15, 0.2) is 36.4 Å². The normalized spacial score (nSPS) is 10.4. The molecule has 1 heterocycles. The molecule has 2 rings (SSSR count). The Bertz CT molecular complexity index is 629. The number of hydrogen-bond donors (Lipinski definition) is 1. The number of aryl methyl sites for hydroxylation is 1. The number of pyridine rings is 1. The number of nitro groups is 1. The first-order valence-corrected chi connectivity index (χ1v) is 7.14. The largest absolute Gasteiger partial charge is 0.340 e. The molecule has 0 unspecified atom stereocenters. The lowest BCUT2D eigenvalue weighted by atomic mass is 10.1. The fraction of sp³-hybridized carbons (Fsp3) is 0.267. The van der Waals surface area contributed by atoms with Gasteiger partial charge in [-0.05, 0) is 30.5 Å². The zero-order valence-corrected chi connectivity index (χ0v) is 12.4. The van der Waals surface area contributed by atoms with Crippen LogP contribution in [0.3, 0.4) is 0 Å². The second-order valence-electron chi connectivity index (χ2n) is 4.72.